The number of hydrogen-bond donors (Lipinski definition) is 1. The first kappa shape index (κ1) is 20.0. The van der Waals surface area contributed by atoms with Gasteiger partial charge in [-0.15, -0.1) is 0 Å². The number of carbonyl (C=O) groups excluding carboxylic acids is 2. The molecule has 0 unspecified atom stereocenters. The van der Waals surface area contributed by atoms with Crippen molar-refractivity contribution in [3.05, 3.63) is 72.3 Å². The number of nitrogens with one attached hydrogen (secondary N) is 1. The second-order valence-electron chi connectivity index (χ2n) is 5.64. The molecule has 2 aromatic rings. The van der Waals surface area contributed by atoms with Crippen LogP contribution in [0.1, 0.15) is 35.9 Å². The van der Waals surface area contributed by atoms with Gasteiger partial charge in [-0.1, -0.05) is 26.0 Å². The second-order valence-corrected chi connectivity index (χ2v) is 5.64. The molecule has 0 aliphatic rings. The van der Waals surface area contributed by atoms with E-state index in [1.165, 1.54) is 18.4 Å². The van der Waals surface area contributed by atoms with Gasteiger partial charge in [0.25, 0.3) is 5.91 Å². The van der Waals surface area contributed by atoms with Crippen LogP contribution in [-0.2, 0) is 9.53 Å². The number of furan rings is 1. The lowest BCUT2D eigenvalue weighted by Crippen LogP contribution is -2.28. The standard InChI is InChI=1S/C21H23NO5/c1-3-5-13-25-17-10-8-16(9-11-17)20(23)22-19(21(24)27-12-4-2)15-18-7-6-14-26-18/h4,6-11,14-15H,2-3,5,12-13H2,1H3,(H,22,23)/b19-15+. The van der Waals surface area contributed by atoms with Gasteiger partial charge in [0.2, 0.25) is 0 Å². The van der Waals surface area contributed by atoms with E-state index in [9.17, 15) is 9.59 Å². The van der Waals surface area contributed by atoms with Crippen molar-refractivity contribution in [2.24, 2.45) is 0 Å². The smallest absolute Gasteiger partial charge is 0.355 e. The van der Waals surface area contributed by atoms with Gasteiger partial charge in [-0.3, -0.25) is 4.79 Å². The highest BCUT2D eigenvalue weighted by Gasteiger charge is 2.16. The molecule has 1 amide bonds. The molecule has 0 atom stereocenters. The number of esters is 1. The van der Waals surface area contributed by atoms with Crippen LogP contribution in [0.25, 0.3) is 6.08 Å². The Balaban J connectivity index is 2.08. The molecule has 0 fully saturated rings. The monoisotopic (exact) mass is 369 g/mol. The van der Waals surface area contributed by atoms with Crippen LogP contribution in [0.4, 0.5) is 0 Å². The molecule has 1 aromatic carbocycles. The summed E-state index contributed by atoms with van der Waals surface area (Å²) >= 11 is 0. The van der Waals surface area contributed by atoms with Crippen molar-refractivity contribution in [2.75, 3.05) is 13.2 Å². The number of ether oxygens (including phenoxy) is 2. The Bertz CT molecular complexity index is 775. The summed E-state index contributed by atoms with van der Waals surface area (Å²) in [6, 6.07) is 10.0. The number of amides is 1. The van der Waals surface area contributed by atoms with Gasteiger partial charge in [-0.05, 0) is 42.8 Å². The molecule has 2 rings (SSSR count). The number of carbonyl (C=O) groups is 2. The first-order chi connectivity index (χ1) is 13.1. The molecule has 142 valence electrons. The molecular formula is C21H23NO5. The molecule has 0 radical (unpaired) electrons. The van der Waals surface area contributed by atoms with Crippen molar-refractivity contribution in [3.63, 3.8) is 0 Å². The van der Waals surface area contributed by atoms with E-state index < -0.39 is 11.9 Å². The largest absolute Gasteiger partial charge is 0.494 e. The minimum atomic E-state index is -0.681. The Morgan fingerprint density at radius 2 is 2.00 bits per heavy atom. The number of rotatable bonds is 10. The zero-order valence-electron chi connectivity index (χ0n) is 15.3. The highest BCUT2D eigenvalue weighted by Crippen LogP contribution is 2.14. The summed E-state index contributed by atoms with van der Waals surface area (Å²) in [5.74, 6) is -0.0140. The number of hydrogen-bond acceptors (Lipinski definition) is 5. The summed E-state index contributed by atoms with van der Waals surface area (Å²) in [7, 11) is 0. The molecule has 0 aliphatic carbocycles. The van der Waals surface area contributed by atoms with Gasteiger partial charge in [0, 0.05) is 11.6 Å². The van der Waals surface area contributed by atoms with Crippen molar-refractivity contribution in [2.45, 2.75) is 19.8 Å². The summed E-state index contributed by atoms with van der Waals surface area (Å²) in [6.07, 6.45) is 6.34. The van der Waals surface area contributed by atoms with Crippen molar-refractivity contribution in [1.29, 1.82) is 0 Å². The van der Waals surface area contributed by atoms with Crippen LogP contribution in [0, 0.1) is 0 Å². The maximum absolute atomic E-state index is 12.5. The van der Waals surface area contributed by atoms with E-state index in [2.05, 4.69) is 18.8 Å². The van der Waals surface area contributed by atoms with E-state index >= 15 is 0 Å². The first-order valence-electron chi connectivity index (χ1n) is 8.71. The van der Waals surface area contributed by atoms with E-state index in [4.69, 9.17) is 13.9 Å². The van der Waals surface area contributed by atoms with Crippen molar-refractivity contribution < 1.29 is 23.5 Å². The summed E-state index contributed by atoms with van der Waals surface area (Å²) < 4.78 is 15.8. The molecule has 0 saturated carbocycles. The third kappa shape index (κ3) is 6.51. The maximum Gasteiger partial charge on any atom is 0.355 e. The van der Waals surface area contributed by atoms with E-state index in [0.29, 0.717) is 23.7 Å². The lowest BCUT2D eigenvalue weighted by molar-refractivity contribution is -0.138. The van der Waals surface area contributed by atoms with Crippen LogP contribution < -0.4 is 10.1 Å². The van der Waals surface area contributed by atoms with Gasteiger partial charge in [0.1, 0.15) is 23.8 Å². The molecule has 6 heteroatoms. The Labute approximate surface area is 158 Å². The number of unbranched alkanes of at least 4 members (excludes halogenated alkanes) is 1. The minimum absolute atomic E-state index is 0.0277. The fraction of sp³-hybridized carbons (Fsp3) is 0.238. The lowest BCUT2D eigenvalue weighted by Gasteiger charge is -2.10. The average Bonchev–Trinajstić information content (AvgIpc) is 3.19. The zero-order valence-corrected chi connectivity index (χ0v) is 15.3. The molecule has 6 nitrogen and oxygen atoms in total. The predicted molar refractivity (Wildman–Crippen MR) is 102 cm³/mol. The van der Waals surface area contributed by atoms with Gasteiger partial charge in [0.15, 0.2) is 0 Å². The third-order valence-electron chi connectivity index (χ3n) is 3.51. The Kier molecular flexibility index (Phi) is 7.91. The molecule has 1 N–H and O–H groups in total. The summed E-state index contributed by atoms with van der Waals surface area (Å²) in [5, 5.41) is 2.56. The fourth-order valence-electron chi connectivity index (χ4n) is 2.11. The van der Waals surface area contributed by atoms with Gasteiger partial charge >= 0.3 is 5.97 Å². The van der Waals surface area contributed by atoms with Crippen LogP contribution in [-0.4, -0.2) is 25.1 Å². The van der Waals surface area contributed by atoms with Crippen molar-refractivity contribution in [1.82, 2.24) is 5.32 Å². The van der Waals surface area contributed by atoms with Gasteiger partial charge in [0.05, 0.1) is 12.9 Å². The number of benzene rings is 1. The highest BCUT2D eigenvalue weighted by molar-refractivity contribution is 6.03. The molecule has 1 aromatic heterocycles. The van der Waals surface area contributed by atoms with Crippen LogP contribution in [0.5, 0.6) is 5.75 Å². The Hall–Kier alpha value is -3.28. The predicted octanol–water partition coefficient (Wildman–Crippen LogP) is 3.96. The highest BCUT2D eigenvalue weighted by atomic mass is 16.5. The van der Waals surface area contributed by atoms with Gasteiger partial charge in [-0.25, -0.2) is 4.79 Å². The Morgan fingerprint density at radius 3 is 2.63 bits per heavy atom. The van der Waals surface area contributed by atoms with E-state index in [1.807, 2.05) is 0 Å². The van der Waals surface area contributed by atoms with Crippen LogP contribution in [0.15, 0.2) is 65.4 Å². The van der Waals surface area contributed by atoms with Crippen LogP contribution in [0.2, 0.25) is 0 Å². The molecule has 0 saturated heterocycles. The van der Waals surface area contributed by atoms with Crippen molar-refractivity contribution in [3.8, 4) is 5.75 Å². The molecule has 1 heterocycles. The SMILES string of the molecule is C=CCOC(=O)/C(=C\c1ccco1)NC(=O)c1ccc(OCCCC)cc1. The van der Waals surface area contributed by atoms with E-state index in [0.717, 1.165) is 12.8 Å². The van der Waals surface area contributed by atoms with Gasteiger partial charge in [-0.2, -0.15) is 0 Å². The average molecular weight is 369 g/mol. The summed E-state index contributed by atoms with van der Waals surface area (Å²) in [5.41, 5.74) is 0.361. The first-order valence-corrected chi connectivity index (χ1v) is 8.71. The van der Waals surface area contributed by atoms with Crippen LogP contribution >= 0.6 is 0 Å². The lowest BCUT2D eigenvalue weighted by atomic mass is 10.2. The zero-order chi connectivity index (χ0) is 19.5. The molecular weight excluding hydrogens is 346 g/mol. The molecule has 27 heavy (non-hydrogen) atoms. The topological polar surface area (TPSA) is 77.8 Å². The van der Waals surface area contributed by atoms with E-state index in [1.54, 1.807) is 36.4 Å². The van der Waals surface area contributed by atoms with E-state index in [-0.39, 0.29) is 12.3 Å². The minimum Gasteiger partial charge on any atom is -0.494 e. The fourth-order valence-corrected chi connectivity index (χ4v) is 2.11. The Morgan fingerprint density at radius 1 is 1.22 bits per heavy atom. The van der Waals surface area contributed by atoms with Gasteiger partial charge < -0.3 is 19.2 Å². The summed E-state index contributed by atoms with van der Waals surface area (Å²) in [6.45, 7) is 6.25. The maximum atomic E-state index is 12.5. The normalized spacial score (nSPS) is 10.9. The molecule has 0 spiro atoms. The summed E-state index contributed by atoms with van der Waals surface area (Å²) in [4.78, 5) is 24.7. The molecule has 0 bridgehead atoms. The molecule has 0 aliphatic heterocycles. The van der Waals surface area contributed by atoms with Crippen molar-refractivity contribution >= 4 is 18.0 Å². The third-order valence-corrected chi connectivity index (χ3v) is 3.51. The quantitative estimate of drug-likeness (QED) is 0.297. The second kappa shape index (κ2) is 10.7. The van der Waals surface area contributed by atoms with Crippen LogP contribution in [0.3, 0.4) is 0 Å².